The van der Waals surface area contributed by atoms with Gasteiger partial charge in [0.2, 0.25) is 0 Å². The number of ether oxygens (including phenoxy) is 3. The van der Waals surface area contributed by atoms with Crippen LogP contribution in [0.5, 0.6) is 0 Å². The van der Waals surface area contributed by atoms with Crippen LogP contribution in [0.4, 0.5) is 4.79 Å². The fraction of sp³-hybridized carbons (Fsp3) is 0.868. The van der Waals surface area contributed by atoms with Crippen molar-refractivity contribution in [3.8, 4) is 0 Å². The molecular weight excluding hydrogens is 582 g/mol. The molecule has 0 saturated heterocycles. The first-order valence-electron chi connectivity index (χ1n) is 18.1. The lowest BCUT2D eigenvalue weighted by Gasteiger charge is -2.63. The summed E-state index contributed by atoms with van der Waals surface area (Å²) in [4.78, 5) is 36.2. The van der Waals surface area contributed by atoms with Gasteiger partial charge in [0.1, 0.15) is 24.7 Å². The molecular formula is C38H63NO7. The average molecular weight is 646 g/mol. The van der Waals surface area contributed by atoms with E-state index in [-0.39, 0.29) is 31.3 Å². The monoisotopic (exact) mass is 645 g/mol. The number of carbonyl (C=O) groups is 3. The number of alkyl carbamates (subject to hydrolysis) is 1. The van der Waals surface area contributed by atoms with Gasteiger partial charge in [0.05, 0.1) is 13.2 Å². The molecule has 8 heteroatoms. The van der Waals surface area contributed by atoms with Gasteiger partial charge in [-0.3, -0.25) is 9.59 Å². The first-order valence-corrected chi connectivity index (χ1v) is 18.1. The maximum atomic E-state index is 12.7. The van der Waals surface area contributed by atoms with Gasteiger partial charge in [-0.05, 0) is 97.7 Å². The van der Waals surface area contributed by atoms with Crippen molar-refractivity contribution in [2.45, 2.75) is 132 Å². The highest BCUT2D eigenvalue weighted by Crippen LogP contribution is 2.72. The second-order valence-corrected chi connectivity index (χ2v) is 16.8. The Labute approximate surface area is 278 Å². The van der Waals surface area contributed by atoms with Crippen LogP contribution in [-0.4, -0.2) is 55.6 Å². The minimum absolute atomic E-state index is 0.0740. The molecule has 0 aliphatic heterocycles. The van der Waals surface area contributed by atoms with E-state index in [1.807, 2.05) is 0 Å². The van der Waals surface area contributed by atoms with Crippen LogP contribution >= 0.6 is 0 Å². The van der Waals surface area contributed by atoms with Crippen molar-refractivity contribution >= 4 is 18.0 Å². The molecule has 0 aromatic heterocycles. The van der Waals surface area contributed by atoms with Gasteiger partial charge in [-0.15, -0.1) is 0 Å². The Hall–Kier alpha value is -2.09. The van der Waals surface area contributed by atoms with Crippen LogP contribution in [0.3, 0.4) is 0 Å². The number of nitrogens with one attached hydrogen (secondary N) is 1. The van der Waals surface area contributed by atoms with Crippen molar-refractivity contribution in [3.63, 3.8) is 0 Å². The minimum atomic E-state index is -1.35. The standard InChI is InChI=1S/C38H63NO7/c1-25(2)10-9-11-26(3)30-12-13-31-37(30,7)19-16-32-36(6)18-15-29(22-28(36)14-17-38(31,32)8)46-34(43)39-20-21-44-33(42)35(5,23-40)24-45-27(4)41/h14,25-26,29-32,40H,9-13,15-24H2,1-8H3,(H,39,43)/t26-,29?,30?,31-,32-,35?,36+,37-,38+/m1/s1. The molecule has 0 spiro atoms. The molecule has 1 amide bonds. The molecule has 46 heavy (non-hydrogen) atoms. The third-order valence-electron chi connectivity index (χ3n) is 13.1. The zero-order valence-corrected chi connectivity index (χ0v) is 30.0. The average Bonchev–Trinajstić information content (AvgIpc) is 3.36. The van der Waals surface area contributed by atoms with Gasteiger partial charge in [-0.25, -0.2) is 4.79 Å². The number of aliphatic hydroxyl groups excluding tert-OH is 1. The molecule has 0 aromatic carbocycles. The number of amides is 1. The number of hydrogen-bond acceptors (Lipinski definition) is 7. The molecule has 4 aliphatic carbocycles. The summed E-state index contributed by atoms with van der Waals surface area (Å²) in [6.07, 6.45) is 15.1. The second-order valence-electron chi connectivity index (χ2n) is 16.8. The molecule has 3 fully saturated rings. The van der Waals surface area contributed by atoms with E-state index in [9.17, 15) is 19.5 Å². The number of aliphatic hydroxyl groups is 1. The molecule has 0 aromatic rings. The van der Waals surface area contributed by atoms with Crippen LogP contribution < -0.4 is 5.32 Å². The lowest BCUT2D eigenvalue weighted by atomic mass is 9.41. The van der Waals surface area contributed by atoms with E-state index in [2.05, 4.69) is 52.9 Å². The van der Waals surface area contributed by atoms with Crippen LogP contribution in [0.2, 0.25) is 0 Å². The van der Waals surface area contributed by atoms with Gasteiger partial charge in [0.15, 0.2) is 0 Å². The van der Waals surface area contributed by atoms with E-state index in [1.54, 1.807) is 0 Å². The van der Waals surface area contributed by atoms with Crippen LogP contribution in [0.1, 0.15) is 126 Å². The van der Waals surface area contributed by atoms with Gasteiger partial charge in [0, 0.05) is 13.3 Å². The van der Waals surface area contributed by atoms with E-state index < -0.39 is 30.1 Å². The summed E-state index contributed by atoms with van der Waals surface area (Å²) in [5.74, 6) is 2.64. The molecule has 9 atom stereocenters. The number of esters is 2. The topological polar surface area (TPSA) is 111 Å². The molecule has 4 rings (SSSR count). The largest absolute Gasteiger partial charge is 0.465 e. The van der Waals surface area contributed by atoms with Gasteiger partial charge in [-0.1, -0.05) is 72.5 Å². The Bertz CT molecular complexity index is 1140. The molecule has 3 unspecified atom stereocenters. The van der Waals surface area contributed by atoms with Gasteiger partial charge in [0.25, 0.3) is 0 Å². The predicted molar refractivity (Wildman–Crippen MR) is 179 cm³/mol. The van der Waals surface area contributed by atoms with E-state index in [1.165, 1.54) is 64.4 Å². The SMILES string of the molecule is CC(=O)OCC(C)(CO)C(=O)OCCNC(=O)OC1CC[C@@]2(C)C(=CC[C@]3(C)[C@@H]2CC[C@]2(C)C([C@H](C)CCCC(C)C)CC[C@@H]32)C1. The zero-order chi connectivity index (χ0) is 33.9. The number of hydrogen-bond donors (Lipinski definition) is 2. The maximum absolute atomic E-state index is 12.7. The van der Waals surface area contributed by atoms with E-state index in [4.69, 9.17) is 14.2 Å². The molecule has 0 bridgehead atoms. The molecule has 0 radical (unpaired) electrons. The predicted octanol–water partition coefficient (Wildman–Crippen LogP) is 7.62. The first-order chi connectivity index (χ1) is 21.6. The van der Waals surface area contributed by atoms with Crippen LogP contribution in [-0.2, 0) is 23.8 Å². The van der Waals surface area contributed by atoms with Crippen LogP contribution in [0.25, 0.3) is 0 Å². The molecule has 4 aliphatic rings. The van der Waals surface area contributed by atoms with Gasteiger partial charge < -0.3 is 24.6 Å². The summed E-state index contributed by atoms with van der Waals surface area (Å²) < 4.78 is 16.0. The lowest BCUT2D eigenvalue weighted by molar-refractivity contribution is -0.164. The minimum Gasteiger partial charge on any atom is -0.465 e. The molecule has 8 nitrogen and oxygen atoms in total. The number of rotatable bonds is 13. The number of fused-ring (bicyclic) bond motifs is 5. The van der Waals surface area contributed by atoms with Crippen molar-refractivity contribution in [2.75, 3.05) is 26.4 Å². The van der Waals surface area contributed by atoms with Crippen molar-refractivity contribution in [2.24, 2.45) is 51.2 Å². The Kier molecular flexibility index (Phi) is 11.6. The summed E-state index contributed by atoms with van der Waals surface area (Å²) in [7, 11) is 0. The second kappa shape index (κ2) is 14.6. The van der Waals surface area contributed by atoms with E-state index in [0.717, 1.165) is 49.4 Å². The Morgan fingerprint density at radius 1 is 1.00 bits per heavy atom. The third kappa shape index (κ3) is 7.47. The Morgan fingerprint density at radius 3 is 2.41 bits per heavy atom. The summed E-state index contributed by atoms with van der Waals surface area (Å²) in [5.41, 5.74) is 1.04. The van der Waals surface area contributed by atoms with Crippen molar-refractivity contribution in [3.05, 3.63) is 11.6 Å². The highest BCUT2D eigenvalue weighted by Gasteiger charge is 2.64. The van der Waals surface area contributed by atoms with E-state index >= 15 is 0 Å². The quantitative estimate of drug-likeness (QED) is 0.0918. The molecule has 2 N–H and O–H groups in total. The highest BCUT2D eigenvalue weighted by atomic mass is 16.6. The van der Waals surface area contributed by atoms with Crippen LogP contribution in [0.15, 0.2) is 11.6 Å². The van der Waals surface area contributed by atoms with Gasteiger partial charge in [-0.2, -0.15) is 0 Å². The van der Waals surface area contributed by atoms with Crippen molar-refractivity contribution in [1.29, 1.82) is 0 Å². The fourth-order valence-corrected chi connectivity index (χ4v) is 10.5. The van der Waals surface area contributed by atoms with Crippen molar-refractivity contribution < 1.29 is 33.7 Å². The third-order valence-corrected chi connectivity index (χ3v) is 13.1. The molecule has 262 valence electrons. The summed E-state index contributed by atoms with van der Waals surface area (Å²) in [5, 5.41) is 12.3. The first kappa shape index (κ1) is 36.7. The number of allylic oxidation sites excluding steroid dienone is 1. The fourth-order valence-electron chi connectivity index (χ4n) is 10.5. The van der Waals surface area contributed by atoms with Crippen LogP contribution in [0, 0.1) is 51.2 Å². The highest BCUT2D eigenvalue weighted by molar-refractivity contribution is 5.77. The smallest absolute Gasteiger partial charge is 0.407 e. The Balaban J connectivity index is 1.29. The van der Waals surface area contributed by atoms with Gasteiger partial charge >= 0.3 is 18.0 Å². The zero-order valence-electron chi connectivity index (χ0n) is 30.0. The Morgan fingerprint density at radius 2 is 1.74 bits per heavy atom. The lowest BCUT2D eigenvalue weighted by Crippen LogP contribution is -2.56. The van der Waals surface area contributed by atoms with E-state index in [0.29, 0.717) is 16.7 Å². The normalized spacial score (nSPS) is 35.5. The maximum Gasteiger partial charge on any atom is 0.407 e. The van der Waals surface area contributed by atoms with Crippen molar-refractivity contribution in [1.82, 2.24) is 5.32 Å². The summed E-state index contributed by atoms with van der Waals surface area (Å²) in [6, 6.07) is 0. The molecule has 0 heterocycles. The number of carbonyl (C=O) groups excluding carboxylic acids is 3. The molecule has 3 saturated carbocycles. The summed E-state index contributed by atoms with van der Waals surface area (Å²) in [6.45, 7) is 16.9. The summed E-state index contributed by atoms with van der Waals surface area (Å²) >= 11 is 0.